The van der Waals surface area contributed by atoms with Crippen molar-refractivity contribution in [3.63, 3.8) is 0 Å². The molecule has 226 valence electrons. The first-order chi connectivity index (χ1) is 20.4. The zero-order valence-electron chi connectivity index (χ0n) is 23.9. The monoisotopic (exact) mass is 600 g/mol. The van der Waals surface area contributed by atoms with Crippen LogP contribution in [0.15, 0.2) is 91.0 Å². The molecule has 3 aromatic rings. The molecule has 0 spiro atoms. The predicted octanol–water partition coefficient (Wildman–Crippen LogP) is 5.45. The molecule has 0 radical (unpaired) electrons. The van der Waals surface area contributed by atoms with Crippen LogP contribution in [0.4, 0.5) is 0 Å². The zero-order valence-corrected chi connectivity index (χ0v) is 24.8. The van der Waals surface area contributed by atoms with Crippen molar-refractivity contribution in [3.05, 3.63) is 108 Å². The summed E-state index contributed by atoms with van der Waals surface area (Å²) in [5, 5.41) is 0. The number of phosphoric acid groups is 1. The van der Waals surface area contributed by atoms with Crippen molar-refractivity contribution >= 4 is 13.8 Å². The van der Waals surface area contributed by atoms with Crippen molar-refractivity contribution in [3.8, 4) is 0 Å². The molecule has 10 nitrogen and oxygen atoms in total. The Kier molecular flexibility index (Phi) is 12.2. The number of hydrogen-bond acceptors (Lipinski definition) is 10. The lowest BCUT2D eigenvalue weighted by Gasteiger charge is -2.45. The first kappa shape index (κ1) is 32.0. The van der Waals surface area contributed by atoms with Crippen LogP contribution in [0.25, 0.3) is 0 Å². The first-order valence-electron chi connectivity index (χ1n) is 13.6. The maximum atomic E-state index is 13.1. The van der Waals surface area contributed by atoms with E-state index in [0.717, 1.165) is 16.7 Å². The van der Waals surface area contributed by atoms with Crippen LogP contribution in [-0.4, -0.2) is 57.5 Å². The van der Waals surface area contributed by atoms with E-state index in [1.54, 1.807) is 0 Å². The smallest absolute Gasteiger partial charge is 0.463 e. The van der Waals surface area contributed by atoms with E-state index >= 15 is 0 Å². The molecular weight excluding hydrogens is 563 g/mol. The van der Waals surface area contributed by atoms with E-state index in [1.807, 2.05) is 91.0 Å². The van der Waals surface area contributed by atoms with Crippen molar-refractivity contribution in [2.24, 2.45) is 0 Å². The second kappa shape index (κ2) is 16.1. The average Bonchev–Trinajstić information content (AvgIpc) is 3.02. The molecule has 0 N–H and O–H groups in total. The van der Waals surface area contributed by atoms with Gasteiger partial charge in [0.25, 0.3) is 0 Å². The normalized spacial score (nSPS) is 22.5. The highest BCUT2D eigenvalue weighted by Crippen LogP contribution is 2.51. The molecular formula is C31H37O10P. The van der Waals surface area contributed by atoms with Gasteiger partial charge in [-0.25, -0.2) is 4.57 Å². The zero-order chi connectivity index (χ0) is 29.8. The van der Waals surface area contributed by atoms with E-state index in [2.05, 4.69) is 0 Å². The Hall–Kier alpha value is -2.92. The van der Waals surface area contributed by atoms with Gasteiger partial charge in [0.15, 0.2) is 6.29 Å². The Labute approximate surface area is 246 Å². The summed E-state index contributed by atoms with van der Waals surface area (Å²) in [5.74, 6) is -0.499. The maximum absolute atomic E-state index is 13.1. The van der Waals surface area contributed by atoms with Gasteiger partial charge in [-0.3, -0.25) is 18.4 Å². The molecule has 0 saturated carbocycles. The molecule has 3 aromatic carbocycles. The number of carbonyl (C=O) groups is 1. The Bertz CT molecular complexity index is 1250. The molecule has 11 heteroatoms. The molecule has 0 amide bonds. The van der Waals surface area contributed by atoms with E-state index in [9.17, 15) is 9.36 Å². The molecule has 0 bridgehead atoms. The summed E-state index contributed by atoms with van der Waals surface area (Å²) in [6, 6.07) is 28.8. The van der Waals surface area contributed by atoms with Crippen molar-refractivity contribution in [1.29, 1.82) is 0 Å². The number of carbonyl (C=O) groups excluding carboxylic acids is 1. The van der Waals surface area contributed by atoms with Gasteiger partial charge >= 0.3 is 13.8 Å². The highest BCUT2D eigenvalue weighted by molar-refractivity contribution is 7.48. The SMILES string of the molecule is COP(=O)(OC)O[C@H]1O[C@H](COC(C)=O)[C@@H](OCc2ccccc2)[C@H](OCc2ccccc2)[C@H]1OCc1ccccc1. The summed E-state index contributed by atoms with van der Waals surface area (Å²) in [6.07, 6.45) is -4.72. The summed E-state index contributed by atoms with van der Waals surface area (Å²) in [4.78, 5) is 11.8. The molecule has 5 atom stereocenters. The van der Waals surface area contributed by atoms with Crippen LogP contribution < -0.4 is 0 Å². The largest absolute Gasteiger partial charge is 0.476 e. The maximum Gasteiger partial charge on any atom is 0.476 e. The number of esters is 1. The van der Waals surface area contributed by atoms with Gasteiger partial charge in [-0.1, -0.05) is 91.0 Å². The molecule has 0 unspecified atom stereocenters. The summed E-state index contributed by atoms with van der Waals surface area (Å²) in [7, 11) is -1.63. The first-order valence-corrected chi connectivity index (χ1v) is 15.0. The Morgan fingerprint density at radius 3 is 1.55 bits per heavy atom. The van der Waals surface area contributed by atoms with E-state index < -0.39 is 44.5 Å². The van der Waals surface area contributed by atoms with Crippen LogP contribution in [-0.2, 0) is 66.4 Å². The topological polar surface area (TPSA) is 108 Å². The van der Waals surface area contributed by atoms with Gasteiger partial charge in [0, 0.05) is 21.1 Å². The molecule has 1 heterocycles. The fourth-order valence-corrected chi connectivity index (χ4v) is 5.20. The van der Waals surface area contributed by atoms with Crippen molar-refractivity contribution in [1.82, 2.24) is 0 Å². The Morgan fingerprint density at radius 1 is 0.690 bits per heavy atom. The fourth-order valence-electron chi connectivity index (χ4n) is 4.45. The second-order valence-corrected chi connectivity index (χ2v) is 11.4. The van der Waals surface area contributed by atoms with Crippen molar-refractivity contribution in [2.75, 3.05) is 20.8 Å². The number of hydrogen-bond donors (Lipinski definition) is 0. The molecule has 0 aliphatic carbocycles. The van der Waals surface area contributed by atoms with E-state index in [4.69, 9.17) is 37.3 Å². The van der Waals surface area contributed by atoms with Crippen LogP contribution in [0.1, 0.15) is 23.6 Å². The minimum absolute atomic E-state index is 0.171. The van der Waals surface area contributed by atoms with Crippen LogP contribution in [0.5, 0.6) is 0 Å². The second-order valence-electron chi connectivity index (χ2n) is 9.55. The van der Waals surface area contributed by atoms with Crippen LogP contribution in [0, 0.1) is 0 Å². The van der Waals surface area contributed by atoms with E-state index in [0.29, 0.717) is 0 Å². The fraction of sp³-hybridized carbons (Fsp3) is 0.387. The molecule has 1 saturated heterocycles. The summed E-state index contributed by atoms with van der Waals surface area (Å²) in [5.41, 5.74) is 2.73. The standard InChI is InChI=1S/C31H37O10P/c1-23(32)36-22-27-28(37-19-24-13-7-4-8-14-24)29(38-20-25-15-9-5-10-16-25)30(39-21-26-17-11-6-12-18-26)31(40-27)41-42(33,34-2)35-3/h4-18,27-31H,19-22H2,1-3H3/t27-,28-,29+,30-,31-/m1/s1. The van der Waals surface area contributed by atoms with Crippen LogP contribution in [0.3, 0.4) is 0 Å². The number of benzene rings is 3. The van der Waals surface area contributed by atoms with Crippen molar-refractivity contribution < 1.29 is 46.6 Å². The van der Waals surface area contributed by atoms with Crippen LogP contribution in [0.2, 0.25) is 0 Å². The highest BCUT2D eigenvalue weighted by atomic mass is 31.2. The van der Waals surface area contributed by atoms with E-state index in [-0.39, 0.29) is 26.4 Å². The quantitative estimate of drug-likeness (QED) is 0.165. The third-order valence-electron chi connectivity index (χ3n) is 6.58. The molecule has 0 aromatic heterocycles. The van der Waals surface area contributed by atoms with Gasteiger partial charge in [0.2, 0.25) is 0 Å². The summed E-state index contributed by atoms with van der Waals surface area (Å²) < 4.78 is 59.9. The minimum atomic E-state index is -4.04. The van der Waals surface area contributed by atoms with Gasteiger partial charge in [-0.2, -0.15) is 0 Å². The molecule has 1 fully saturated rings. The molecule has 42 heavy (non-hydrogen) atoms. The predicted molar refractivity (Wildman–Crippen MR) is 153 cm³/mol. The lowest BCUT2D eigenvalue weighted by Crippen LogP contribution is -2.61. The van der Waals surface area contributed by atoms with Gasteiger partial charge in [-0.05, 0) is 16.7 Å². The third kappa shape index (κ3) is 9.29. The number of ether oxygens (including phenoxy) is 5. The van der Waals surface area contributed by atoms with Crippen LogP contribution >= 0.6 is 7.82 Å². The molecule has 1 aliphatic rings. The van der Waals surface area contributed by atoms with Gasteiger partial charge in [0.05, 0.1) is 19.8 Å². The lowest BCUT2D eigenvalue weighted by atomic mass is 9.98. The number of rotatable bonds is 15. The average molecular weight is 601 g/mol. The highest BCUT2D eigenvalue weighted by Gasteiger charge is 2.51. The van der Waals surface area contributed by atoms with Gasteiger partial charge < -0.3 is 23.7 Å². The Morgan fingerprint density at radius 2 is 1.12 bits per heavy atom. The molecule has 1 aliphatic heterocycles. The van der Waals surface area contributed by atoms with Gasteiger partial charge in [-0.15, -0.1) is 0 Å². The third-order valence-corrected chi connectivity index (χ3v) is 7.94. The lowest BCUT2D eigenvalue weighted by molar-refractivity contribution is -0.311. The molecule has 4 rings (SSSR count). The van der Waals surface area contributed by atoms with E-state index in [1.165, 1.54) is 21.1 Å². The summed E-state index contributed by atoms with van der Waals surface area (Å²) >= 11 is 0. The Balaban J connectivity index is 1.69. The van der Waals surface area contributed by atoms with Crippen molar-refractivity contribution in [2.45, 2.75) is 57.5 Å². The minimum Gasteiger partial charge on any atom is -0.463 e. The van der Waals surface area contributed by atoms with Gasteiger partial charge in [0.1, 0.15) is 31.0 Å². The summed E-state index contributed by atoms with van der Waals surface area (Å²) in [6.45, 7) is 1.74. The number of phosphoric ester groups is 1.